The average molecular weight is 296 g/mol. The highest BCUT2D eigenvalue weighted by atomic mass is 16.5. The van der Waals surface area contributed by atoms with Crippen LogP contribution in [0.4, 0.5) is 0 Å². The molecule has 0 aliphatic carbocycles. The summed E-state index contributed by atoms with van der Waals surface area (Å²) < 4.78 is 5.67. The van der Waals surface area contributed by atoms with E-state index in [0.29, 0.717) is 6.54 Å². The Morgan fingerprint density at radius 1 is 1.33 bits per heavy atom. The predicted molar refractivity (Wildman–Crippen MR) is 80.7 cm³/mol. The molecular formula is C16H28N2O3. The summed E-state index contributed by atoms with van der Waals surface area (Å²) in [6.07, 6.45) is 2.07. The Bertz CT molecular complexity index is 408. The number of amides is 2. The molecule has 2 amide bonds. The standard InChI is InChI=1S/C16H28N2O3/c1-10(2)12-15(20)18(9-11-7-6-8-21-11)13(14(19)17-12)16(3,4)5/h10-13H,6-9H2,1-5H3,(H,17,19). The quantitative estimate of drug-likeness (QED) is 0.860. The lowest BCUT2D eigenvalue weighted by Gasteiger charge is -2.46. The van der Waals surface area contributed by atoms with Crippen LogP contribution in [0.3, 0.4) is 0 Å². The van der Waals surface area contributed by atoms with Crippen LogP contribution in [-0.2, 0) is 14.3 Å². The van der Waals surface area contributed by atoms with E-state index in [4.69, 9.17) is 4.74 Å². The number of carbonyl (C=O) groups excluding carboxylic acids is 2. The summed E-state index contributed by atoms with van der Waals surface area (Å²) in [7, 11) is 0. The van der Waals surface area contributed by atoms with E-state index < -0.39 is 12.1 Å². The highest BCUT2D eigenvalue weighted by molar-refractivity contribution is 5.97. The van der Waals surface area contributed by atoms with Crippen molar-refractivity contribution in [2.24, 2.45) is 11.3 Å². The Hall–Kier alpha value is -1.10. The van der Waals surface area contributed by atoms with Crippen molar-refractivity contribution in [2.75, 3.05) is 13.2 Å². The van der Waals surface area contributed by atoms with Gasteiger partial charge in [-0.05, 0) is 24.2 Å². The van der Waals surface area contributed by atoms with E-state index in [1.54, 1.807) is 4.90 Å². The Labute approximate surface area is 127 Å². The first-order valence-corrected chi connectivity index (χ1v) is 7.94. The smallest absolute Gasteiger partial charge is 0.246 e. The molecule has 2 heterocycles. The molecular weight excluding hydrogens is 268 g/mol. The summed E-state index contributed by atoms with van der Waals surface area (Å²) in [5.41, 5.74) is -0.291. The second kappa shape index (κ2) is 5.95. The number of hydrogen-bond donors (Lipinski definition) is 1. The molecule has 5 heteroatoms. The zero-order valence-corrected chi connectivity index (χ0v) is 13.8. The molecule has 2 aliphatic rings. The molecule has 2 saturated heterocycles. The van der Waals surface area contributed by atoms with Crippen LogP contribution in [0, 0.1) is 11.3 Å². The fourth-order valence-electron chi connectivity index (χ4n) is 3.26. The second-order valence-corrected chi connectivity index (χ2v) is 7.62. The molecule has 2 rings (SSSR count). The van der Waals surface area contributed by atoms with E-state index in [2.05, 4.69) is 5.32 Å². The lowest BCUT2D eigenvalue weighted by atomic mass is 9.82. The van der Waals surface area contributed by atoms with Crippen molar-refractivity contribution < 1.29 is 14.3 Å². The van der Waals surface area contributed by atoms with Crippen LogP contribution in [0.2, 0.25) is 0 Å². The van der Waals surface area contributed by atoms with E-state index in [1.165, 1.54) is 0 Å². The van der Waals surface area contributed by atoms with Gasteiger partial charge >= 0.3 is 0 Å². The molecule has 1 N–H and O–H groups in total. The Balaban J connectivity index is 2.25. The lowest BCUT2D eigenvalue weighted by molar-refractivity contribution is -0.157. The SMILES string of the molecule is CC(C)C1NC(=O)C(C(C)(C)C)N(CC2CCCO2)C1=O. The largest absolute Gasteiger partial charge is 0.376 e. The number of carbonyl (C=O) groups is 2. The van der Waals surface area contributed by atoms with Gasteiger partial charge in [-0.1, -0.05) is 34.6 Å². The normalized spacial score (nSPS) is 31.0. The second-order valence-electron chi connectivity index (χ2n) is 7.62. The lowest BCUT2D eigenvalue weighted by Crippen LogP contribution is -2.68. The molecule has 0 bridgehead atoms. The summed E-state index contributed by atoms with van der Waals surface area (Å²) in [4.78, 5) is 27.1. The molecule has 3 unspecified atom stereocenters. The minimum atomic E-state index is -0.427. The van der Waals surface area contributed by atoms with Crippen molar-refractivity contribution in [3.05, 3.63) is 0 Å². The van der Waals surface area contributed by atoms with Gasteiger partial charge in [0.15, 0.2) is 0 Å². The first kappa shape index (κ1) is 16.3. The minimum absolute atomic E-state index is 0.0278. The zero-order valence-electron chi connectivity index (χ0n) is 13.8. The van der Waals surface area contributed by atoms with Crippen molar-refractivity contribution >= 4 is 11.8 Å². The summed E-state index contributed by atoms with van der Waals surface area (Å²) in [6.45, 7) is 11.2. The Morgan fingerprint density at radius 2 is 2.00 bits per heavy atom. The molecule has 2 fully saturated rings. The highest BCUT2D eigenvalue weighted by Gasteiger charge is 2.47. The van der Waals surface area contributed by atoms with E-state index >= 15 is 0 Å². The predicted octanol–water partition coefficient (Wildman–Crippen LogP) is 1.56. The number of piperazine rings is 1. The first-order chi connectivity index (χ1) is 9.71. The van der Waals surface area contributed by atoms with Gasteiger partial charge in [0.25, 0.3) is 0 Å². The molecule has 0 radical (unpaired) electrons. The molecule has 0 aromatic heterocycles. The number of ether oxygens (including phenoxy) is 1. The summed E-state index contributed by atoms with van der Waals surface area (Å²) in [6, 6.07) is -0.846. The van der Waals surface area contributed by atoms with Crippen LogP contribution in [0.15, 0.2) is 0 Å². The maximum Gasteiger partial charge on any atom is 0.246 e. The molecule has 0 spiro atoms. The monoisotopic (exact) mass is 296 g/mol. The third kappa shape index (κ3) is 3.39. The van der Waals surface area contributed by atoms with Gasteiger partial charge < -0.3 is 15.0 Å². The Kier molecular flexibility index (Phi) is 4.61. The van der Waals surface area contributed by atoms with E-state index in [9.17, 15) is 9.59 Å². The number of nitrogens with one attached hydrogen (secondary N) is 1. The van der Waals surface area contributed by atoms with E-state index in [1.807, 2.05) is 34.6 Å². The first-order valence-electron chi connectivity index (χ1n) is 7.94. The van der Waals surface area contributed by atoms with Gasteiger partial charge in [0, 0.05) is 13.2 Å². The van der Waals surface area contributed by atoms with Crippen LogP contribution in [-0.4, -0.2) is 48.1 Å². The van der Waals surface area contributed by atoms with Crippen molar-refractivity contribution in [1.29, 1.82) is 0 Å². The molecule has 120 valence electrons. The van der Waals surface area contributed by atoms with Gasteiger partial charge in [-0.25, -0.2) is 0 Å². The summed E-state index contributed by atoms with van der Waals surface area (Å²) in [5, 5.41) is 2.91. The van der Waals surface area contributed by atoms with Crippen molar-refractivity contribution in [3.63, 3.8) is 0 Å². The molecule has 21 heavy (non-hydrogen) atoms. The fourth-order valence-corrected chi connectivity index (χ4v) is 3.26. The van der Waals surface area contributed by atoms with Crippen molar-refractivity contribution in [3.8, 4) is 0 Å². The molecule has 5 nitrogen and oxygen atoms in total. The van der Waals surface area contributed by atoms with Gasteiger partial charge in [0.2, 0.25) is 11.8 Å². The maximum atomic E-state index is 12.8. The topological polar surface area (TPSA) is 58.6 Å². The highest BCUT2D eigenvalue weighted by Crippen LogP contribution is 2.30. The maximum absolute atomic E-state index is 12.8. The number of nitrogens with zero attached hydrogens (tertiary/aromatic N) is 1. The molecule has 2 aliphatic heterocycles. The van der Waals surface area contributed by atoms with Gasteiger partial charge in [-0.15, -0.1) is 0 Å². The van der Waals surface area contributed by atoms with E-state index in [-0.39, 0.29) is 29.3 Å². The van der Waals surface area contributed by atoms with Crippen LogP contribution in [0.5, 0.6) is 0 Å². The van der Waals surface area contributed by atoms with Gasteiger partial charge in [-0.3, -0.25) is 9.59 Å². The third-order valence-electron chi connectivity index (χ3n) is 4.32. The van der Waals surface area contributed by atoms with Crippen LogP contribution in [0.1, 0.15) is 47.5 Å². The Morgan fingerprint density at radius 3 is 2.48 bits per heavy atom. The molecule has 0 aromatic carbocycles. The number of rotatable bonds is 3. The molecule has 0 aromatic rings. The van der Waals surface area contributed by atoms with E-state index in [0.717, 1.165) is 19.4 Å². The van der Waals surface area contributed by atoms with Gasteiger partial charge in [-0.2, -0.15) is 0 Å². The molecule has 0 saturated carbocycles. The minimum Gasteiger partial charge on any atom is -0.376 e. The van der Waals surface area contributed by atoms with Crippen molar-refractivity contribution in [1.82, 2.24) is 10.2 Å². The van der Waals surface area contributed by atoms with Gasteiger partial charge in [0.05, 0.1) is 6.10 Å². The van der Waals surface area contributed by atoms with Crippen LogP contribution in [0.25, 0.3) is 0 Å². The fraction of sp³-hybridized carbons (Fsp3) is 0.875. The summed E-state index contributed by atoms with van der Waals surface area (Å²) in [5.74, 6) is 0.0770. The summed E-state index contributed by atoms with van der Waals surface area (Å²) >= 11 is 0. The molecule has 3 atom stereocenters. The zero-order chi connectivity index (χ0) is 15.8. The van der Waals surface area contributed by atoms with Crippen LogP contribution >= 0.6 is 0 Å². The third-order valence-corrected chi connectivity index (χ3v) is 4.32. The number of hydrogen-bond acceptors (Lipinski definition) is 3. The van der Waals surface area contributed by atoms with Crippen LogP contribution < -0.4 is 5.32 Å². The van der Waals surface area contributed by atoms with Gasteiger partial charge in [0.1, 0.15) is 12.1 Å². The average Bonchev–Trinajstić information content (AvgIpc) is 2.84. The van der Waals surface area contributed by atoms with Crippen molar-refractivity contribution in [2.45, 2.75) is 65.6 Å².